The molecular formula is C14H12AgI3O4-. The van der Waals surface area contributed by atoms with Gasteiger partial charge in [-0.05, 0) is 104 Å². The molecule has 0 heterocycles. The first-order valence-electron chi connectivity index (χ1n) is 5.40. The fourth-order valence-corrected chi connectivity index (χ4v) is 2.30. The third-order valence-electron chi connectivity index (χ3n) is 1.72. The van der Waals surface area contributed by atoms with Gasteiger partial charge in [0.05, 0.1) is 3.57 Å². The van der Waals surface area contributed by atoms with Gasteiger partial charge in [-0.1, -0.05) is 6.07 Å². The molecule has 2 aromatic carbocycles. The SMILES string of the molecule is C[C-]=O.Oc1cc(I)ccc1I.Oc1cccc(I)c1.[O]=[Ag]. The van der Waals surface area contributed by atoms with Crippen molar-refractivity contribution in [1.82, 2.24) is 0 Å². The van der Waals surface area contributed by atoms with Gasteiger partial charge >= 0.3 is 24.3 Å². The molecule has 125 valence electrons. The molecule has 2 aromatic rings. The molecule has 0 aliphatic carbocycles. The quantitative estimate of drug-likeness (QED) is 0.236. The molecule has 0 atom stereocenters. The Morgan fingerprint density at radius 3 is 1.77 bits per heavy atom. The van der Waals surface area contributed by atoms with Crippen LogP contribution in [0.2, 0.25) is 0 Å². The molecule has 0 aliphatic heterocycles. The molecule has 0 radical (unpaired) electrons. The van der Waals surface area contributed by atoms with Gasteiger partial charge in [-0.3, -0.25) is 6.29 Å². The molecule has 4 nitrogen and oxygen atoms in total. The summed E-state index contributed by atoms with van der Waals surface area (Å²) in [6.07, 6.45) is 1.50. The minimum atomic E-state index is 0.330. The van der Waals surface area contributed by atoms with E-state index in [4.69, 9.17) is 18.3 Å². The molecule has 0 spiro atoms. The van der Waals surface area contributed by atoms with Gasteiger partial charge in [0.25, 0.3) is 0 Å². The zero-order valence-electron chi connectivity index (χ0n) is 11.2. The van der Waals surface area contributed by atoms with Crippen LogP contribution in [0.25, 0.3) is 0 Å². The molecule has 0 aliphatic rings. The molecule has 0 saturated carbocycles. The third kappa shape index (κ3) is 14.1. The first kappa shape index (κ1) is 24.7. The molecule has 0 bridgehead atoms. The zero-order valence-corrected chi connectivity index (χ0v) is 19.1. The molecule has 22 heavy (non-hydrogen) atoms. The molecule has 2 rings (SSSR count). The summed E-state index contributed by atoms with van der Waals surface area (Å²) in [7, 11) is 0. The zero-order chi connectivity index (χ0) is 17.5. The Labute approximate surface area is 182 Å². The molecule has 2 N–H and O–H groups in total. The van der Waals surface area contributed by atoms with Crippen molar-refractivity contribution in [3.8, 4) is 11.5 Å². The number of hydrogen-bond donors (Lipinski definition) is 2. The fraction of sp³-hybridized carbons (Fsp3) is 0.0714. The Hall–Kier alpha value is 0.440. The van der Waals surface area contributed by atoms with E-state index in [1.54, 1.807) is 39.2 Å². The van der Waals surface area contributed by atoms with Crippen molar-refractivity contribution in [3.63, 3.8) is 0 Å². The number of halogens is 3. The van der Waals surface area contributed by atoms with Crippen molar-refractivity contribution in [2.45, 2.75) is 6.92 Å². The van der Waals surface area contributed by atoms with E-state index in [1.165, 1.54) is 13.2 Å². The molecule has 0 saturated heterocycles. The second-order valence-electron chi connectivity index (χ2n) is 3.28. The summed E-state index contributed by atoms with van der Waals surface area (Å²) in [6, 6.07) is 12.7. The van der Waals surface area contributed by atoms with Crippen molar-refractivity contribution < 1.29 is 39.3 Å². The summed E-state index contributed by atoms with van der Waals surface area (Å²) in [6.45, 7) is 1.32. The van der Waals surface area contributed by atoms with Crippen LogP contribution in [-0.4, -0.2) is 16.5 Å². The van der Waals surface area contributed by atoms with Crippen LogP contribution in [0.3, 0.4) is 0 Å². The minimum absolute atomic E-state index is 0.330. The first-order chi connectivity index (χ1) is 10.4. The van der Waals surface area contributed by atoms with Crippen molar-refractivity contribution in [2.24, 2.45) is 0 Å². The second-order valence-corrected chi connectivity index (χ2v) is 6.93. The molecule has 0 aromatic heterocycles. The van der Waals surface area contributed by atoms with Crippen LogP contribution in [0.15, 0.2) is 42.5 Å². The van der Waals surface area contributed by atoms with Crippen molar-refractivity contribution in [1.29, 1.82) is 0 Å². The van der Waals surface area contributed by atoms with Crippen LogP contribution in [0.4, 0.5) is 0 Å². The van der Waals surface area contributed by atoms with Gasteiger partial charge in [0.1, 0.15) is 11.5 Å². The van der Waals surface area contributed by atoms with Gasteiger partial charge in [-0.15, -0.1) is 0 Å². The Kier molecular flexibility index (Phi) is 18.3. The fourth-order valence-electron chi connectivity index (χ4n) is 0.962. The van der Waals surface area contributed by atoms with Crippen molar-refractivity contribution in [3.05, 3.63) is 53.2 Å². The maximum atomic E-state index is 9.09. The van der Waals surface area contributed by atoms with Crippen LogP contribution in [-0.2, 0) is 29.1 Å². The molecule has 0 unspecified atom stereocenters. The average Bonchev–Trinajstić information content (AvgIpc) is 2.47. The predicted octanol–water partition coefficient (Wildman–Crippen LogP) is 4.59. The number of hydrogen-bond acceptors (Lipinski definition) is 4. The van der Waals surface area contributed by atoms with E-state index in [9.17, 15) is 0 Å². The summed E-state index contributed by atoms with van der Waals surface area (Å²) in [5.41, 5.74) is 0. The van der Waals surface area contributed by atoms with Gasteiger partial charge in [0.2, 0.25) is 0 Å². The standard InChI is InChI=1S/C6H4I2O.C6H5IO.C2H3O.Ag.O/c7-4-1-2-5(8)6(9)3-4;7-5-2-1-3-6(8)4-5;1-2-3;;/h1-3,9H;1-4,8H;1H3;;/q;;-1;;. The topological polar surface area (TPSA) is 74.6 Å². The van der Waals surface area contributed by atoms with Gasteiger partial charge in [-0.25, -0.2) is 0 Å². The summed E-state index contributed by atoms with van der Waals surface area (Å²) >= 11 is 8.09. The van der Waals surface area contributed by atoms with Crippen LogP contribution < -0.4 is 0 Å². The van der Waals surface area contributed by atoms with Gasteiger partial charge in [0, 0.05) is 7.14 Å². The Bertz CT molecular complexity index is 550. The van der Waals surface area contributed by atoms with Crippen LogP contribution in [0.5, 0.6) is 11.5 Å². The number of phenolic OH excluding ortho intramolecular Hbond substituents is 2. The van der Waals surface area contributed by atoms with E-state index < -0.39 is 0 Å². The van der Waals surface area contributed by atoms with E-state index in [0.29, 0.717) is 11.5 Å². The van der Waals surface area contributed by atoms with Gasteiger partial charge in [-0.2, -0.15) is 6.92 Å². The summed E-state index contributed by atoms with van der Waals surface area (Å²) in [5.74, 6) is 0.694. The second kappa shape index (κ2) is 16.3. The maximum absolute atomic E-state index is 9.09. The molecule has 0 fully saturated rings. The number of carbonyl (C=O) groups excluding carboxylic acids is 1. The summed E-state index contributed by atoms with van der Waals surface area (Å²) in [5, 5.41) is 17.9. The molecule has 0 amide bonds. The Morgan fingerprint density at radius 1 is 0.955 bits per heavy atom. The number of rotatable bonds is 0. The van der Waals surface area contributed by atoms with Gasteiger partial charge < -0.3 is 15.0 Å². The van der Waals surface area contributed by atoms with Crippen LogP contribution >= 0.6 is 67.8 Å². The van der Waals surface area contributed by atoms with E-state index in [1.807, 2.05) is 24.3 Å². The summed E-state index contributed by atoms with van der Waals surface area (Å²) < 4.78 is 11.1. The van der Waals surface area contributed by atoms with Crippen molar-refractivity contribution in [2.75, 3.05) is 0 Å². The third-order valence-corrected chi connectivity index (χ3v) is 3.97. The van der Waals surface area contributed by atoms with Crippen molar-refractivity contribution >= 4 is 74.1 Å². The predicted molar refractivity (Wildman–Crippen MR) is 106 cm³/mol. The van der Waals surface area contributed by atoms with E-state index >= 15 is 0 Å². The van der Waals surface area contributed by atoms with Gasteiger partial charge in [0.15, 0.2) is 0 Å². The van der Waals surface area contributed by atoms with Crippen LogP contribution in [0, 0.1) is 10.7 Å². The molecule has 8 heteroatoms. The normalized spacial score (nSPS) is 8.09. The monoisotopic (exact) mass is 732 g/mol. The Balaban J connectivity index is 0. The average molecular weight is 733 g/mol. The number of aromatic hydroxyl groups is 2. The summed E-state index contributed by atoms with van der Waals surface area (Å²) in [4.78, 5) is 8.68. The van der Waals surface area contributed by atoms with E-state index in [-0.39, 0.29) is 0 Å². The number of phenols is 2. The van der Waals surface area contributed by atoms with E-state index in [2.05, 4.69) is 67.8 Å². The number of benzene rings is 2. The Morgan fingerprint density at radius 2 is 1.45 bits per heavy atom. The first-order valence-corrected chi connectivity index (χ1v) is 9.24. The van der Waals surface area contributed by atoms with E-state index in [0.717, 1.165) is 10.7 Å². The van der Waals surface area contributed by atoms with Crippen LogP contribution in [0.1, 0.15) is 6.92 Å². The molecular weight excluding hydrogens is 721 g/mol.